The molecule has 0 saturated heterocycles. The van der Waals surface area contributed by atoms with Crippen molar-refractivity contribution in [3.8, 4) is 0 Å². The standard InChI is InChI=1S/C17H26N4O2.HI/c1-17(2,3)23-16(22)21-10-13-7-6-12(8-14(13)11-21)9-20-15(18-4)19-5;/h6-8H,9-11H2,1-5H3,(H2,18,19,20);1H. The number of ether oxygens (including phenoxy) is 1. The monoisotopic (exact) mass is 446 g/mol. The van der Waals surface area contributed by atoms with E-state index in [1.807, 2.05) is 27.8 Å². The highest BCUT2D eigenvalue weighted by Gasteiger charge is 2.27. The van der Waals surface area contributed by atoms with Crippen LogP contribution in [0.15, 0.2) is 23.2 Å². The van der Waals surface area contributed by atoms with Crippen LogP contribution >= 0.6 is 24.0 Å². The van der Waals surface area contributed by atoms with Gasteiger partial charge in [0, 0.05) is 33.7 Å². The number of carbonyl (C=O) groups is 1. The Kier molecular flexibility index (Phi) is 7.31. The summed E-state index contributed by atoms with van der Waals surface area (Å²) in [4.78, 5) is 18.0. The van der Waals surface area contributed by atoms with Crippen LogP contribution in [0.4, 0.5) is 4.79 Å². The maximum atomic E-state index is 12.2. The number of guanidine groups is 1. The minimum absolute atomic E-state index is 0. The summed E-state index contributed by atoms with van der Waals surface area (Å²) in [7, 11) is 3.57. The number of hydrogen-bond acceptors (Lipinski definition) is 3. The lowest BCUT2D eigenvalue weighted by Gasteiger charge is -2.24. The third kappa shape index (κ3) is 5.54. The predicted molar refractivity (Wildman–Crippen MR) is 107 cm³/mol. The summed E-state index contributed by atoms with van der Waals surface area (Å²) < 4.78 is 5.44. The van der Waals surface area contributed by atoms with Crippen LogP contribution in [0.1, 0.15) is 37.5 Å². The molecule has 2 rings (SSSR count). The number of fused-ring (bicyclic) bond motifs is 1. The van der Waals surface area contributed by atoms with Gasteiger partial charge >= 0.3 is 6.09 Å². The molecule has 1 aliphatic heterocycles. The summed E-state index contributed by atoms with van der Waals surface area (Å²) in [6.45, 7) is 7.54. The molecule has 0 radical (unpaired) electrons. The van der Waals surface area contributed by atoms with Crippen LogP contribution in [0.25, 0.3) is 0 Å². The van der Waals surface area contributed by atoms with Gasteiger partial charge in [-0.3, -0.25) is 9.89 Å². The molecule has 134 valence electrons. The molecule has 0 fully saturated rings. The first kappa shape index (κ1) is 20.5. The Hall–Kier alpha value is -1.51. The number of carbonyl (C=O) groups excluding carboxylic acids is 1. The smallest absolute Gasteiger partial charge is 0.410 e. The lowest BCUT2D eigenvalue weighted by Crippen LogP contribution is -2.34. The molecule has 0 bridgehead atoms. The van der Waals surface area contributed by atoms with E-state index in [1.165, 1.54) is 11.1 Å². The van der Waals surface area contributed by atoms with Crippen molar-refractivity contribution in [3.05, 3.63) is 34.9 Å². The van der Waals surface area contributed by atoms with Gasteiger partial charge in [0.15, 0.2) is 5.96 Å². The van der Waals surface area contributed by atoms with Crippen molar-refractivity contribution in [1.82, 2.24) is 15.5 Å². The fourth-order valence-corrected chi connectivity index (χ4v) is 2.48. The summed E-state index contributed by atoms with van der Waals surface area (Å²) in [6.07, 6.45) is -0.260. The number of amides is 1. The second-order valence-corrected chi connectivity index (χ2v) is 6.62. The van der Waals surface area contributed by atoms with Crippen LogP contribution < -0.4 is 10.6 Å². The van der Waals surface area contributed by atoms with Crippen LogP contribution in [0.2, 0.25) is 0 Å². The van der Waals surface area contributed by atoms with E-state index in [9.17, 15) is 4.79 Å². The summed E-state index contributed by atoms with van der Waals surface area (Å²) in [5, 5.41) is 6.21. The molecule has 6 nitrogen and oxygen atoms in total. The SMILES string of the molecule is CN=C(NC)NCc1ccc2c(c1)CN(C(=O)OC(C)(C)C)C2.I. The largest absolute Gasteiger partial charge is 0.444 e. The van der Waals surface area contributed by atoms with Crippen molar-refractivity contribution in [2.45, 2.75) is 46.0 Å². The van der Waals surface area contributed by atoms with Gasteiger partial charge in [-0.05, 0) is 37.5 Å². The molecular weight excluding hydrogens is 419 g/mol. The van der Waals surface area contributed by atoms with E-state index in [2.05, 4.69) is 33.8 Å². The van der Waals surface area contributed by atoms with Crippen molar-refractivity contribution in [3.63, 3.8) is 0 Å². The van der Waals surface area contributed by atoms with Crippen molar-refractivity contribution in [2.24, 2.45) is 4.99 Å². The van der Waals surface area contributed by atoms with Crippen molar-refractivity contribution < 1.29 is 9.53 Å². The van der Waals surface area contributed by atoms with Crippen molar-refractivity contribution in [1.29, 1.82) is 0 Å². The average molecular weight is 446 g/mol. The summed E-state index contributed by atoms with van der Waals surface area (Å²) in [5.74, 6) is 0.751. The molecule has 0 unspecified atom stereocenters. The second kappa shape index (κ2) is 8.55. The molecule has 1 amide bonds. The quantitative estimate of drug-likeness (QED) is 0.417. The average Bonchev–Trinajstić information content (AvgIpc) is 2.90. The zero-order valence-corrected chi connectivity index (χ0v) is 17.3. The molecular formula is C17H27IN4O2. The van der Waals surface area contributed by atoms with Gasteiger partial charge in [-0.15, -0.1) is 24.0 Å². The molecule has 0 atom stereocenters. The van der Waals surface area contributed by atoms with Crippen molar-refractivity contribution >= 4 is 36.0 Å². The van der Waals surface area contributed by atoms with Gasteiger partial charge in [0.2, 0.25) is 0 Å². The van der Waals surface area contributed by atoms with Crippen LogP contribution in [0.5, 0.6) is 0 Å². The predicted octanol–water partition coefficient (Wildman–Crippen LogP) is 2.85. The van der Waals surface area contributed by atoms with E-state index in [0.29, 0.717) is 19.6 Å². The first-order valence-electron chi connectivity index (χ1n) is 7.79. The molecule has 0 spiro atoms. The number of halogens is 1. The maximum Gasteiger partial charge on any atom is 0.410 e. The second-order valence-electron chi connectivity index (χ2n) is 6.62. The Morgan fingerprint density at radius 2 is 1.96 bits per heavy atom. The van der Waals surface area contributed by atoms with Gasteiger partial charge in [-0.2, -0.15) is 0 Å². The summed E-state index contributed by atoms with van der Waals surface area (Å²) in [5.41, 5.74) is 3.04. The van der Waals surface area contributed by atoms with Gasteiger partial charge in [0.25, 0.3) is 0 Å². The number of nitrogens with zero attached hydrogens (tertiary/aromatic N) is 2. The minimum Gasteiger partial charge on any atom is -0.444 e. The van der Waals surface area contributed by atoms with Crippen LogP contribution in [0, 0.1) is 0 Å². The molecule has 0 aliphatic carbocycles. The van der Waals surface area contributed by atoms with Gasteiger partial charge in [-0.1, -0.05) is 18.2 Å². The molecule has 1 aromatic rings. The summed E-state index contributed by atoms with van der Waals surface area (Å²) in [6, 6.07) is 6.29. The highest BCUT2D eigenvalue weighted by atomic mass is 127. The fourth-order valence-electron chi connectivity index (χ4n) is 2.48. The Labute approximate surface area is 161 Å². The number of benzene rings is 1. The lowest BCUT2D eigenvalue weighted by molar-refractivity contribution is 0.0242. The lowest BCUT2D eigenvalue weighted by atomic mass is 10.1. The molecule has 2 N–H and O–H groups in total. The van der Waals surface area contributed by atoms with E-state index >= 15 is 0 Å². The van der Waals surface area contributed by atoms with Crippen LogP contribution in [-0.2, 0) is 24.4 Å². The third-order valence-electron chi connectivity index (χ3n) is 3.57. The van der Waals surface area contributed by atoms with Gasteiger partial charge in [0.05, 0.1) is 0 Å². The van der Waals surface area contributed by atoms with Gasteiger partial charge in [-0.25, -0.2) is 4.79 Å². The Morgan fingerprint density at radius 1 is 1.29 bits per heavy atom. The molecule has 0 aromatic heterocycles. The maximum absolute atomic E-state index is 12.2. The normalized spacial score (nSPS) is 13.9. The number of nitrogens with one attached hydrogen (secondary N) is 2. The topological polar surface area (TPSA) is 66.0 Å². The van der Waals surface area contributed by atoms with Crippen molar-refractivity contribution in [2.75, 3.05) is 14.1 Å². The molecule has 24 heavy (non-hydrogen) atoms. The number of aliphatic imine (C=N–C) groups is 1. The van der Waals surface area contributed by atoms with E-state index in [0.717, 1.165) is 11.5 Å². The molecule has 1 aromatic carbocycles. The molecule has 0 saturated carbocycles. The summed E-state index contributed by atoms with van der Waals surface area (Å²) >= 11 is 0. The Bertz CT molecular complexity index is 611. The minimum atomic E-state index is -0.468. The number of rotatable bonds is 2. The van der Waals surface area contributed by atoms with Gasteiger partial charge < -0.3 is 15.4 Å². The van der Waals surface area contributed by atoms with E-state index < -0.39 is 5.60 Å². The third-order valence-corrected chi connectivity index (χ3v) is 3.57. The zero-order valence-electron chi connectivity index (χ0n) is 15.0. The highest BCUT2D eigenvalue weighted by molar-refractivity contribution is 14.0. The molecule has 1 heterocycles. The van der Waals surface area contributed by atoms with E-state index in [-0.39, 0.29) is 30.1 Å². The van der Waals surface area contributed by atoms with Crippen LogP contribution in [0.3, 0.4) is 0 Å². The Balaban J connectivity index is 0.00000288. The van der Waals surface area contributed by atoms with Crippen LogP contribution in [-0.4, -0.2) is 36.6 Å². The number of hydrogen-bond donors (Lipinski definition) is 2. The van der Waals surface area contributed by atoms with E-state index in [4.69, 9.17) is 4.74 Å². The molecule has 1 aliphatic rings. The highest BCUT2D eigenvalue weighted by Crippen LogP contribution is 2.25. The van der Waals surface area contributed by atoms with E-state index in [1.54, 1.807) is 11.9 Å². The first-order valence-corrected chi connectivity index (χ1v) is 7.79. The zero-order chi connectivity index (χ0) is 17.0. The Morgan fingerprint density at radius 3 is 2.54 bits per heavy atom. The fraction of sp³-hybridized carbons (Fsp3) is 0.529. The molecule has 7 heteroatoms. The van der Waals surface area contributed by atoms with Gasteiger partial charge in [0.1, 0.15) is 5.60 Å². The first-order chi connectivity index (χ1) is 10.8.